The van der Waals surface area contributed by atoms with E-state index >= 15 is 0 Å². The molecule has 0 saturated heterocycles. The van der Waals surface area contributed by atoms with Crippen molar-refractivity contribution in [3.8, 4) is 0 Å². The lowest BCUT2D eigenvalue weighted by Crippen LogP contribution is -2.14. The van der Waals surface area contributed by atoms with Crippen LogP contribution in [0.1, 0.15) is 11.6 Å². The Morgan fingerprint density at radius 2 is 2.31 bits per heavy atom. The summed E-state index contributed by atoms with van der Waals surface area (Å²) < 4.78 is 0. The molecule has 0 radical (unpaired) electrons. The van der Waals surface area contributed by atoms with E-state index in [9.17, 15) is 10.1 Å². The van der Waals surface area contributed by atoms with E-state index in [-0.39, 0.29) is 0 Å². The molecule has 1 aromatic rings. The largest absolute Gasteiger partial charge is 0.389 e. The predicted octanol–water partition coefficient (Wildman–Crippen LogP) is 1.65. The molecular weight excluding hydrogens is 194 g/mol. The molecule has 0 spiro atoms. The lowest BCUT2D eigenvalue weighted by molar-refractivity contribution is -0.532. The molecule has 1 aromatic carbocycles. The molecule has 0 aliphatic heterocycles. The second kappa shape index (κ2) is 4.20. The van der Waals surface area contributed by atoms with Crippen LogP contribution in [0.15, 0.2) is 24.3 Å². The fourth-order valence-electron chi connectivity index (χ4n) is 1.01. The van der Waals surface area contributed by atoms with Crippen molar-refractivity contribution < 1.29 is 10.0 Å². The van der Waals surface area contributed by atoms with Crippen molar-refractivity contribution in [3.05, 3.63) is 45.0 Å². The van der Waals surface area contributed by atoms with E-state index in [0.717, 1.165) is 0 Å². The molecule has 0 saturated carbocycles. The van der Waals surface area contributed by atoms with Crippen molar-refractivity contribution in [1.29, 1.82) is 0 Å². The van der Waals surface area contributed by atoms with Crippen LogP contribution in [0.4, 0.5) is 0 Å². The van der Waals surface area contributed by atoms with Gasteiger partial charge < -0.3 is 5.11 Å². The summed E-state index contributed by atoms with van der Waals surface area (Å²) in [5.74, 6) is 0. The summed E-state index contributed by atoms with van der Waals surface area (Å²) in [5, 5.41) is 19.6. The molecule has 4 nitrogen and oxygen atoms in total. The van der Waals surface area contributed by atoms with E-state index in [1.165, 1.54) is 6.07 Å². The average molecular weight is 202 g/mol. The number of aliphatic hydroxyl groups is 1. The van der Waals surface area contributed by atoms with Crippen LogP contribution in [-0.2, 0) is 0 Å². The summed E-state index contributed by atoms with van der Waals surface area (Å²) >= 11 is 5.65. The van der Waals surface area contributed by atoms with Gasteiger partial charge in [0, 0.05) is 15.5 Å². The number of rotatable bonds is 3. The Hall–Kier alpha value is -1.13. The van der Waals surface area contributed by atoms with Gasteiger partial charge in [-0.25, -0.2) is 0 Å². The fraction of sp³-hybridized carbons (Fsp3) is 0.250. The lowest BCUT2D eigenvalue weighted by Gasteiger charge is -2.05. The van der Waals surface area contributed by atoms with Gasteiger partial charge in [-0.2, -0.15) is 0 Å². The van der Waals surface area contributed by atoms with Crippen molar-refractivity contribution in [3.63, 3.8) is 0 Å². The van der Waals surface area contributed by atoms with Gasteiger partial charge in [-0.05, 0) is 12.1 Å². The number of nitrogens with zero attached hydrogens (tertiary/aromatic N) is 1. The predicted molar refractivity (Wildman–Crippen MR) is 48.3 cm³/mol. The summed E-state index contributed by atoms with van der Waals surface area (Å²) in [6, 6.07) is 5.20. The van der Waals surface area contributed by atoms with Crippen LogP contribution < -0.4 is 0 Å². The minimum absolute atomic E-state index is 0.417. The van der Waals surface area contributed by atoms with Crippen LogP contribution in [0.3, 0.4) is 0 Å². The minimum atomic E-state index is -1.08. The molecule has 0 aliphatic carbocycles. The molecule has 0 amide bonds. The molecule has 0 fully saturated rings. The molecule has 0 aliphatic rings. The van der Waals surface area contributed by atoms with Gasteiger partial charge in [0.25, 0.3) is 6.04 Å². The van der Waals surface area contributed by atoms with Gasteiger partial charge >= 0.3 is 0 Å². The highest BCUT2D eigenvalue weighted by Gasteiger charge is 2.21. The second-order valence-electron chi connectivity index (χ2n) is 2.54. The number of hydrogen-bond donors (Lipinski definition) is 1. The van der Waals surface area contributed by atoms with Crippen molar-refractivity contribution in [2.24, 2.45) is 0 Å². The third-order valence-corrected chi connectivity index (χ3v) is 1.90. The zero-order valence-corrected chi connectivity index (χ0v) is 7.44. The summed E-state index contributed by atoms with van der Waals surface area (Å²) in [7, 11) is 0. The quantitative estimate of drug-likeness (QED) is 0.598. The smallest absolute Gasteiger partial charge is 0.260 e. The van der Waals surface area contributed by atoms with Gasteiger partial charge in [-0.1, -0.05) is 23.7 Å². The lowest BCUT2D eigenvalue weighted by atomic mass is 10.1. The normalized spacial score (nSPS) is 12.5. The maximum atomic E-state index is 10.4. The van der Waals surface area contributed by atoms with Gasteiger partial charge in [-0.3, -0.25) is 10.1 Å². The number of halogens is 1. The van der Waals surface area contributed by atoms with Crippen LogP contribution in [0.25, 0.3) is 0 Å². The van der Waals surface area contributed by atoms with Crippen LogP contribution in [0.2, 0.25) is 5.02 Å². The Morgan fingerprint density at radius 1 is 1.62 bits per heavy atom. The molecule has 0 heterocycles. The maximum absolute atomic E-state index is 10.4. The van der Waals surface area contributed by atoms with Crippen LogP contribution >= 0.6 is 11.6 Å². The van der Waals surface area contributed by atoms with E-state index in [1.54, 1.807) is 18.2 Å². The van der Waals surface area contributed by atoms with E-state index in [2.05, 4.69) is 0 Å². The third kappa shape index (κ3) is 2.40. The first-order chi connectivity index (χ1) is 6.15. The number of aliphatic hydroxyl groups excluding tert-OH is 1. The molecule has 5 heteroatoms. The zero-order valence-electron chi connectivity index (χ0n) is 6.68. The molecule has 70 valence electrons. The van der Waals surface area contributed by atoms with Gasteiger partial charge in [0.2, 0.25) is 0 Å². The number of nitro groups is 1. The molecule has 1 rings (SSSR count). The van der Waals surface area contributed by atoms with Crippen LogP contribution in [0, 0.1) is 10.1 Å². The first-order valence-electron chi connectivity index (χ1n) is 3.65. The Bertz CT molecular complexity index is 316. The van der Waals surface area contributed by atoms with Crippen LogP contribution in [-0.4, -0.2) is 16.6 Å². The van der Waals surface area contributed by atoms with E-state index in [4.69, 9.17) is 16.7 Å². The number of hydrogen-bond acceptors (Lipinski definition) is 3. The fourth-order valence-corrected chi connectivity index (χ4v) is 1.21. The molecular formula is C8H8ClNO3. The van der Waals surface area contributed by atoms with Gasteiger partial charge in [0.1, 0.15) is 6.61 Å². The highest BCUT2D eigenvalue weighted by molar-refractivity contribution is 6.30. The number of benzene rings is 1. The van der Waals surface area contributed by atoms with E-state index in [0.29, 0.717) is 10.6 Å². The van der Waals surface area contributed by atoms with Crippen molar-refractivity contribution in [1.82, 2.24) is 0 Å². The Kier molecular flexibility index (Phi) is 3.22. The van der Waals surface area contributed by atoms with Crippen molar-refractivity contribution in [2.45, 2.75) is 6.04 Å². The SMILES string of the molecule is O=[N+]([O-])C(CO)c1cccc(Cl)c1. The summed E-state index contributed by atoms with van der Waals surface area (Å²) in [6.45, 7) is -0.520. The van der Waals surface area contributed by atoms with E-state index < -0.39 is 17.6 Å². The molecule has 1 N–H and O–H groups in total. The summed E-state index contributed by atoms with van der Waals surface area (Å²) in [6.07, 6.45) is 0. The van der Waals surface area contributed by atoms with E-state index in [1.807, 2.05) is 0 Å². The highest BCUT2D eigenvalue weighted by atomic mass is 35.5. The zero-order chi connectivity index (χ0) is 9.84. The molecule has 1 atom stereocenters. The molecule has 0 aromatic heterocycles. The van der Waals surface area contributed by atoms with Crippen molar-refractivity contribution in [2.75, 3.05) is 6.61 Å². The Balaban J connectivity index is 2.98. The third-order valence-electron chi connectivity index (χ3n) is 1.66. The monoisotopic (exact) mass is 201 g/mol. The Morgan fingerprint density at radius 3 is 2.77 bits per heavy atom. The van der Waals surface area contributed by atoms with Crippen LogP contribution in [0.5, 0.6) is 0 Å². The van der Waals surface area contributed by atoms with Gasteiger partial charge in [-0.15, -0.1) is 0 Å². The Labute approximate surface area is 79.9 Å². The second-order valence-corrected chi connectivity index (χ2v) is 2.98. The van der Waals surface area contributed by atoms with Crippen molar-refractivity contribution >= 4 is 11.6 Å². The summed E-state index contributed by atoms with van der Waals surface area (Å²) in [4.78, 5) is 9.91. The summed E-state index contributed by atoms with van der Waals surface area (Å²) in [5.41, 5.74) is 0.417. The maximum Gasteiger partial charge on any atom is 0.260 e. The van der Waals surface area contributed by atoms with Gasteiger partial charge in [0.05, 0.1) is 0 Å². The first-order valence-corrected chi connectivity index (χ1v) is 4.02. The average Bonchev–Trinajstić information content (AvgIpc) is 2.04. The molecule has 1 unspecified atom stereocenters. The highest BCUT2D eigenvalue weighted by Crippen LogP contribution is 2.19. The topological polar surface area (TPSA) is 63.4 Å². The minimum Gasteiger partial charge on any atom is -0.389 e. The molecule has 13 heavy (non-hydrogen) atoms. The first kappa shape index (κ1) is 9.95. The standard InChI is InChI=1S/C8H8ClNO3/c9-7-3-1-2-6(4-7)8(5-11)10(12)13/h1-4,8,11H,5H2. The van der Waals surface area contributed by atoms with Gasteiger partial charge in [0.15, 0.2) is 0 Å². The molecule has 0 bridgehead atoms.